The van der Waals surface area contributed by atoms with E-state index in [2.05, 4.69) is 16.0 Å². The summed E-state index contributed by atoms with van der Waals surface area (Å²) in [6.45, 7) is -0.170. The van der Waals surface area contributed by atoms with Gasteiger partial charge in [0.1, 0.15) is 5.69 Å². The number of aromatic carboxylic acids is 1. The number of anilines is 4. The number of hydrogen-bond acceptors (Lipinski definition) is 7. The zero-order valence-electron chi connectivity index (χ0n) is 17.6. The number of carboxylic acid groups (broad SMARTS) is 1. The van der Waals surface area contributed by atoms with Gasteiger partial charge in [-0.05, 0) is 71.1 Å². The van der Waals surface area contributed by atoms with Gasteiger partial charge < -0.3 is 26.2 Å². The molecule has 13 heteroatoms. The number of benzene rings is 3. The number of hydrogen-bond donors (Lipinski definition) is 5. The Labute approximate surface area is 216 Å². The van der Waals surface area contributed by atoms with Gasteiger partial charge in [0, 0.05) is 21.4 Å². The molecule has 0 aliphatic carbocycles. The number of aliphatic hydroxyl groups excluding tert-OH is 1. The maximum absolute atomic E-state index is 14.9. The third kappa shape index (κ3) is 6.15. The van der Waals surface area contributed by atoms with E-state index in [4.69, 9.17) is 16.7 Å². The summed E-state index contributed by atoms with van der Waals surface area (Å²) in [5, 5.41) is 38.3. The summed E-state index contributed by atoms with van der Waals surface area (Å²) in [5.74, 6) is -3.20. The Bertz CT molecular complexity index is 1310. The van der Waals surface area contributed by atoms with Crippen molar-refractivity contribution < 1.29 is 29.1 Å². The molecule has 0 aromatic heterocycles. The second kappa shape index (κ2) is 11.3. The van der Waals surface area contributed by atoms with Gasteiger partial charge in [0.15, 0.2) is 11.5 Å². The lowest BCUT2D eigenvalue weighted by atomic mass is 10.1. The first kappa shape index (κ1) is 26.1. The average Bonchev–Trinajstić information content (AvgIpc) is 2.81. The molecule has 0 heterocycles. The minimum absolute atomic E-state index is 0.0620. The SMILES string of the molecule is O=C(NCCO)c1ccc(Nc2c(F)cc(C(=O)O)c(Nc3ccc(I)cc3Cl)c2[N+](=O)[O-])cc1. The summed E-state index contributed by atoms with van der Waals surface area (Å²) in [6, 6.07) is 11.0. The summed E-state index contributed by atoms with van der Waals surface area (Å²) >= 11 is 8.21. The molecule has 3 rings (SSSR count). The summed E-state index contributed by atoms with van der Waals surface area (Å²) in [7, 11) is 0. The number of carboxylic acids is 1. The Balaban J connectivity index is 2.06. The van der Waals surface area contributed by atoms with Gasteiger partial charge in [0.25, 0.3) is 5.91 Å². The van der Waals surface area contributed by atoms with Crippen LogP contribution in [-0.2, 0) is 0 Å². The fourth-order valence-corrected chi connectivity index (χ4v) is 3.98. The van der Waals surface area contributed by atoms with E-state index in [0.29, 0.717) is 6.07 Å². The molecule has 1 amide bonds. The summed E-state index contributed by atoms with van der Waals surface area (Å²) in [5.41, 5.74) is -1.92. The molecule has 10 nitrogen and oxygen atoms in total. The minimum atomic E-state index is -1.58. The predicted molar refractivity (Wildman–Crippen MR) is 137 cm³/mol. The monoisotopic (exact) mass is 614 g/mol. The molecule has 5 N–H and O–H groups in total. The molecule has 0 fully saturated rings. The van der Waals surface area contributed by atoms with Crippen LogP contribution in [0.2, 0.25) is 5.02 Å². The van der Waals surface area contributed by atoms with Gasteiger partial charge >= 0.3 is 11.7 Å². The van der Waals surface area contributed by atoms with Gasteiger partial charge in [-0.1, -0.05) is 11.6 Å². The van der Waals surface area contributed by atoms with Crippen LogP contribution in [0.4, 0.5) is 32.8 Å². The quantitative estimate of drug-likeness (QED) is 0.130. The van der Waals surface area contributed by atoms with E-state index in [0.717, 1.165) is 3.57 Å². The molecule has 3 aromatic carbocycles. The van der Waals surface area contributed by atoms with E-state index in [9.17, 15) is 29.2 Å². The maximum atomic E-state index is 14.9. The van der Waals surface area contributed by atoms with Crippen molar-refractivity contribution in [3.8, 4) is 0 Å². The normalized spacial score (nSPS) is 10.5. The van der Waals surface area contributed by atoms with Crippen LogP contribution in [-0.4, -0.2) is 40.2 Å². The first-order chi connectivity index (χ1) is 16.6. The number of carbonyl (C=O) groups is 2. The standard InChI is InChI=1S/C22H17ClFIN4O6/c23-15-9-12(25)3-6-17(15)28-18-14(22(32)33)10-16(24)19(20(18)29(34)35)27-13-4-1-11(2-5-13)21(31)26-7-8-30/h1-6,9-10,27-28,30H,7-8H2,(H,26,31)(H,32,33). The van der Waals surface area contributed by atoms with E-state index in [-0.39, 0.29) is 35.1 Å². The number of rotatable bonds is 9. The fourth-order valence-electron chi connectivity index (χ4n) is 3.08. The van der Waals surface area contributed by atoms with E-state index < -0.39 is 45.2 Å². The molecule has 0 spiro atoms. The highest BCUT2D eigenvalue weighted by Gasteiger charge is 2.31. The molecule has 0 saturated carbocycles. The Morgan fingerprint density at radius 2 is 1.77 bits per heavy atom. The van der Waals surface area contributed by atoms with Crippen LogP contribution in [0.25, 0.3) is 0 Å². The summed E-state index contributed by atoms with van der Waals surface area (Å²) in [6.07, 6.45) is 0. The summed E-state index contributed by atoms with van der Waals surface area (Å²) in [4.78, 5) is 34.8. The Morgan fingerprint density at radius 1 is 1.09 bits per heavy atom. The van der Waals surface area contributed by atoms with Gasteiger partial charge in [0.05, 0.1) is 27.8 Å². The Morgan fingerprint density at radius 3 is 2.34 bits per heavy atom. The highest BCUT2D eigenvalue weighted by molar-refractivity contribution is 14.1. The molecule has 3 aromatic rings. The van der Waals surface area contributed by atoms with Crippen molar-refractivity contribution in [2.75, 3.05) is 23.8 Å². The summed E-state index contributed by atoms with van der Waals surface area (Å²) < 4.78 is 15.7. The third-order valence-corrected chi connectivity index (χ3v) is 5.65. The van der Waals surface area contributed by atoms with Crippen molar-refractivity contribution in [2.24, 2.45) is 0 Å². The van der Waals surface area contributed by atoms with Crippen molar-refractivity contribution in [1.82, 2.24) is 5.32 Å². The molecular weight excluding hydrogens is 598 g/mol. The molecular formula is C22H17ClFIN4O6. The highest BCUT2D eigenvalue weighted by atomic mass is 127. The predicted octanol–water partition coefficient (Wildman–Crippen LogP) is 4.90. The number of nitrogens with one attached hydrogen (secondary N) is 3. The second-order valence-electron chi connectivity index (χ2n) is 7.00. The largest absolute Gasteiger partial charge is 0.478 e. The van der Waals surface area contributed by atoms with Crippen LogP contribution in [0.3, 0.4) is 0 Å². The van der Waals surface area contributed by atoms with E-state index in [1.165, 1.54) is 30.3 Å². The molecule has 0 aliphatic rings. The lowest BCUT2D eigenvalue weighted by molar-refractivity contribution is -0.383. The first-order valence-corrected chi connectivity index (χ1v) is 11.3. The van der Waals surface area contributed by atoms with Gasteiger partial charge in [-0.3, -0.25) is 14.9 Å². The maximum Gasteiger partial charge on any atom is 0.338 e. The first-order valence-electron chi connectivity index (χ1n) is 9.84. The second-order valence-corrected chi connectivity index (χ2v) is 8.65. The van der Waals surface area contributed by atoms with Crippen molar-refractivity contribution in [3.05, 3.63) is 84.2 Å². The third-order valence-electron chi connectivity index (χ3n) is 4.67. The lowest BCUT2D eigenvalue weighted by Crippen LogP contribution is -2.26. The van der Waals surface area contributed by atoms with Crippen molar-refractivity contribution >= 4 is 74.5 Å². The smallest absolute Gasteiger partial charge is 0.338 e. The number of carbonyl (C=O) groups excluding carboxylic acids is 1. The van der Waals surface area contributed by atoms with Crippen LogP contribution in [0, 0.1) is 19.5 Å². The van der Waals surface area contributed by atoms with Crippen molar-refractivity contribution in [1.29, 1.82) is 0 Å². The van der Waals surface area contributed by atoms with Gasteiger partial charge in [-0.2, -0.15) is 0 Å². The van der Waals surface area contributed by atoms with Crippen LogP contribution in [0.5, 0.6) is 0 Å². The van der Waals surface area contributed by atoms with E-state index in [1.54, 1.807) is 12.1 Å². The highest BCUT2D eigenvalue weighted by Crippen LogP contribution is 2.42. The van der Waals surface area contributed by atoms with Crippen LogP contribution >= 0.6 is 34.2 Å². The van der Waals surface area contributed by atoms with Gasteiger partial charge in [-0.15, -0.1) is 0 Å². The van der Waals surface area contributed by atoms with Crippen LogP contribution in [0.1, 0.15) is 20.7 Å². The molecule has 0 radical (unpaired) electrons. The topological polar surface area (TPSA) is 154 Å². The minimum Gasteiger partial charge on any atom is -0.478 e. The van der Waals surface area contributed by atoms with Crippen LogP contribution in [0.15, 0.2) is 48.5 Å². The number of aliphatic hydroxyl groups is 1. The van der Waals surface area contributed by atoms with Crippen molar-refractivity contribution in [2.45, 2.75) is 0 Å². The Kier molecular flexibility index (Phi) is 8.43. The fraction of sp³-hybridized carbons (Fsp3) is 0.0909. The molecule has 0 saturated heterocycles. The molecule has 0 aliphatic heterocycles. The molecule has 0 atom stereocenters. The van der Waals surface area contributed by atoms with Crippen molar-refractivity contribution in [3.63, 3.8) is 0 Å². The number of nitro benzene ring substituents is 1. The van der Waals surface area contributed by atoms with E-state index >= 15 is 0 Å². The zero-order valence-corrected chi connectivity index (χ0v) is 20.6. The number of nitrogens with zero attached hydrogens (tertiary/aromatic N) is 1. The van der Waals surface area contributed by atoms with Crippen LogP contribution < -0.4 is 16.0 Å². The number of nitro groups is 1. The van der Waals surface area contributed by atoms with E-state index in [1.807, 2.05) is 22.6 Å². The molecule has 0 unspecified atom stereocenters. The van der Waals surface area contributed by atoms with Gasteiger partial charge in [-0.25, -0.2) is 9.18 Å². The molecule has 35 heavy (non-hydrogen) atoms. The molecule has 182 valence electrons. The molecule has 0 bridgehead atoms. The number of halogens is 3. The Hall–Kier alpha value is -3.49. The lowest BCUT2D eigenvalue weighted by Gasteiger charge is -2.16. The number of amides is 1. The zero-order chi connectivity index (χ0) is 25.7. The average molecular weight is 615 g/mol. The van der Waals surface area contributed by atoms with Gasteiger partial charge in [0.2, 0.25) is 0 Å².